The van der Waals surface area contributed by atoms with Gasteiger partial charge in [0.15, 0.2) is 0 Å². The predicted octanol–water partition coefficient (Wildman–Crippen LogP) is 2.22. The van der Waals surface area contributed by atoms with E-state index < -0.39 is 11.4 Å². The average molecular weight is 280 g/mol. The number of piperidine rings is 1. The van der Waals surface area contributed by atoms with Gasteiger partial charge in [-0.05, 0) is 44.4 Å². The standard InChI is InChI=1S/C15H24N2O3/c18-13(19)15(7-3-8-15)10-16-14(20)17-9-2-5-11-4-1-6-12(11)17/h11-12H,1-10H2,(H,16,20)(H,18,19). The Kier molecular flexibility index (Phi) is 3.61. The minimum Gasteiger partial charge on any atom is -0.481 e. The van der Waals surface area contributed by atoms with Gasteiger partial charge in [0.1, 0.15) is 0 Å². The van der Waals surface area contributed by atoms with Crippen molar-refractivity contribution in [3.63, 3.8) is 0 Å². The molecule has 2 saturated carbocycles. The van der Waals surface area contributed by atoms with Crippen LogP contribution in [0.3, 0.4) is 0 Å². The fraction of sp³-hybridized carbons (Fsp3) is 0.867. The Labute approximate surface area is 119 Å². The number of hydrogen-bond donors (Lipinski definition) is 2. The van der Waals surface area contributed by atoms with Crippen molar-refractivity contribution in [1.82, 2.24) is 10.2 Å². The summed E-state index contributed by atoms with van der Waals surface area (Å²) in [4.78, 5) is 25.6. The molecule has 0 radical (unpaired) electrons. The van der Waals surface area contributed by atoms with Gasteiger partial charge in [-0.3, -0.25) is 4.79 Å². The highest BCUT2D eigenvalue weighted by Crippen LogP contribution is 2.41. The van der Waals surface area contributed by atoms with E-state index in [0.29, 0.717) is 24.8 Å². The molecule has 112 valence electrons. The Bertz CT molecular complexity index is 406. The maximum absolute atomic E-state index is 12.4. The average Bonchev–Trinajstić information content (AvgIpc) is 2.84. The number of rotatable bonds is 3. The van der Waals surface area contributed by atoms with E-state index in [0.717, 1.165) is 25.8 Å². The Morgan fingerprint density at radius 3 is 2.55 bits per heavy atom. The summed E-state index contributed by atoms with van der Waals surface area (Å²) in [5.74, 6) is -0.0897. The molecule has 3 fully saturated rings. The van der Waals surface area contributed by atoms with E-state index in [-0.39, 0.29) is 12.6 Å². The van der Waals surface area contributed by atoms with Gasteiger partial charge < -0.3 is 15.3 Å². The molecule has 0 spiro atoms. The van der Waals surface area contributed by atoms with Crippen molar-refractivity contribution < 1.29 is 14.7 Å². The lowest BCUT2D eigenvalue weighted by Gasteiger charge is -2.40. The molecular weight excluding hydrogens is 256 g/mol. The molecule has 3 rings (SSSR count). The van der Waals surface area contributed by atoms with Crippen molar-refractivity contribution >= 4 is 12.0 Å². The number of urea groups is 1. The number of likely N-dealkylation sites (tertiary alicyclic amines) is 1. The number of aliphatic carboxylic acids is 1. The maximum atomic E-state index is 12.4. The van der Waals surface area contributed by atoms with E-state index in [1.54, 1.807) is 0 Å². The van der Waals surface area contributed by atoms with Crippen LogP contribution in [-0.2, 0) is 4.79 Å². The Hall–Kier alpha value is -1.26. The zero-order valence-electron chi connectivity index (χ0n) is 11.9. The van der Waals surface area contributed by atoms with Crippen LogP contribution in [0.15, 0.2) is 0 Å². The van der Waals surface area contributed by atoms with Gasteiger partial charge in [-0.25, -0.2) is 4.79 Å². The number of carbonyl (C=O) groups is 2. The van der Waals surface area contributed by atoms with Crippen LogP contribution in [0.1, 0.15) is 51.4 Å². The van der Waals surface area contributed by atoms with Crippen LogP contribution in [0.4, 0.5) is 4.79 Å². The zero-order chi connectivity index (χ0) is 14.2. The first-order valence-corrected chi connectivity index (χ1v) is 7.90. The summed E-state index contributed by atoms with van der Waals surface area (Å²) in [6.07, 6.45) is 8.24. The van der Waals surface area contributed by atoms with Crippen LogP contribution in [0.2, 0.25) is 0 Å². The van der Waals surface area contributed by atoms with E-state index in [4.69, 9.17) is 0 Å². The van der Waals surface area contributed by atoms with Gasteiger partial charge in [0.25, 0.3) is 0 Å². The van der Waals surface area contributed by atoms with Crippen molar-refractivity contribution in [2.24, 2.45) is 11.3 Å². The monoisotopic (exact) mass is 280 g/mol. The summed E-state index contributed by atoms with van der Waals surface area (Å²) in [5.41, 5.74) is -0.694. The summed E-state index contributed by atoms with van der Waals surface area (Å²) >= 11 is 0. The number of fused-ring (bicyclic) bond motifs is 1. The molecule has 5 nitrogen and oxygen atoms in total. The van der Waals surface area contributed by atoms with Crippen LogP contribution in [0.5, 0.6) is 0 Å². The number of amides is 2. The van der Waals surface area contributed by atoms with Gasteiger partial charge >= 0.3 is 12.0 Å². The summed E-state index contributed by atoms with van der Waals surface area (Å²) in [6, 6.07) is 0.347. The van der Waals surface area contributed by atoms with Crippen molar-refractivity contribution in [1.29, 1.82) is 0 Å². The normalized spacial score (nSPS) is 31.3. The van der Waals surface area contributed by atoms with Crippen LogP contribution in [0.25, 0.3) is 0 Å². The van der Waals surface area contributed by atoms with E-state index >= 15 is 0 Å². The number of hydrogen-bond acceptors (Lipinski definition) is 2. The molecule has 2 N–H and O–H groups in total. The zero-order valence-corrected chi connectivity index (χ0v) is 11.9. The van der Waals surface area contributed by atoms with Gasteiger partial charge in [0.05, 0.1) is 5.41 Å². The predicted molar refractivity (Wildman–Crippen MR) is 74.4 cm³/mol. The molecule has 3 aliphatic rings. The lowest BCUT2D eigenvalue weighted by Crippen LogP contribution is -2.54. The van der Waals surface area contributed by atoms with Gasteiger partial charge in [0.2, 0.25) is 0 Å². The smallest absolute Gasteiger partial charge is 0.317 e. The van der Waals surface area contributed by atoms with Crippen molar-refractivity contribution in [3.05, 3.63) is 0 Å². The number of carboxylic acid groups (broad SMARTS) is 1. The second kappa shape index (κ2) is 5.26. The molecule has 1 heterocycles. The third kappa shape index (κ3) is 2.27. The molecule has 0 aromatic heterocycles. The van der Waals surface area contributed by atoms with Gasteiger partial charge in [-0.15, -0.1) is 0 Å². The largest absolute Gasteiger partial charge is 0.481 e. The third-order valence-electron chi connectivity index (χ3n) is 5.60. The highest BCUT2D eigenvalue weighted by Gasteiger charge is 2.45. The summed E-state index contributed by atoms with van der Waals surface area (Å²) in [7, 11) is 0. The fourth-order valence-electron chi connectivity index (χ4n) is 4.12. The molecule has 0 bridgehead atoms. The molecule has 1 aliphatic heterocycles. The first-order chi connectivity index (χ1) is 9.62. The maximum Gasteiger partial charge on any atom is 0.317 e. The van der Waals surface area contributed by atoms with Crippen molar-refractivity contribution in [3.8, 4) is 0 Å². The van der Waals surface area contributed by atoms with Gasteiger partial charge in [0, 0.05) is 19.1 Å². The lowest BCUT2D eigenvalue weighted by atomic mass is 9.69. The highest BCUT2D eigenvalue weighted by atomic mass is 16.4. The molecule has 5 heteroatoms. The third-order valence-corrected chi connectivity index (χ3v) is 5.60. The Morgan fingerprint density at radius 1 is 1.15 bits per heavy atom. The molecule has 0 aromatic rings. The van der Waals surface area contributed by atoms with E-state index in [2.05, 4.69) is 5.32 Å². The van der Waals surface area contributed by atoms with E-state index in [9.17, 15) is 14.7 Å². The first kappa shape index (κ1) is 13.7. The number of nitrogens with one attached hydrogen (secondary N) is 1. The Morgan fingerprint density at radius 2 is 1.90 bits per heavy atom. The van der Waals surface area contributed by atoms with Crippen molar-refractivity contribution in [2.75, 3.05) is 13.1 Å². The number of nitrogens with zero attached hydrogens (tertiary/aromatic N) is 1. The number of carbonyl (C=O) groups excluding carboxylic acids is 1. The lowest BCUT2D eigenvalue weighted by molar-refractivity contribution is -0.153. The van der Waals surface area contributed by atoms with Crippen LogP contribution in [0, 0.1) is 11.3 Å². The molecule has 2 amide bonds. The minimum atomic E-state index is -0.763. The molecule has 2 atom stereocenters. The quantitative estimate of drug-likeness (QED) is 0.832. The second-order valence-electron chi connectivity index (χ2n) is 6.69. The molecular formula is C15H24N2O3. The highest BCUT2D eigenvalue weighted by molar-refractivity contribution is 5.79. The molecule has 2 unspecified atom stereocenters. The molecule has 20 heavy (non-hydrogen) atoms. The summed E-state index contributed by atoms with van der Waals surface area (Å²) < 4.78 is 0. The van der Waals surface area contributed by atoms with Gasteiger partial charge in [-0.2, -0.15) is 0 Å². The fourth-order valence-corrected chi connectivity index (χ4v) is 4.12. The summed E-state index contributed by atoms with van der Waals surface area (Å²) in [6.45, 7) is 1.11. The first-order valence-electron chi connectivity index (χ1n) is 7.90. The molecule has 0 aromatic carbocycles. The molecule has 2 aliphatic carbocycles. The second-order valence-corrected chi connectivity index (χ2v) is 6.69. The molecule has 1 saturated heterocycles. The number of carboxylic acids is 1. The van der Waals surface area contributed by atoms with Crippen LogP contribution in [-0.4, -0.2) is 41.1 Å². The van der Waals surface area contributed by atoms with E-state index in [1.165, 1.54) is 19.3 Å². The topological polar surface area (TPSA) is 69.6 Å². The Balaban J connectivity index is 1.57. The minimum absolute atomic E-state index is 0.0471. The van der Waals surface area contributed by atoms with Crippen LogP contribution >= 0.6 is 0 Å². The SMILES string of the molecule is O=C(NCC1(C(=O)O)CCC1)N1CCCC2CCCC21. The van der Waals surface area contributed by atoms with Gasteiger partial charge in [-0.1, -0.05) is 12.8 Å². The van der Waals surface area contributed by atoms with Crippen LogP contribution < -0.4 is 5.32 Å². The van der Waals surface area contributed by atoms with Crippen molar-refractivity contribution in [2.45, 2.75) is 57.4 Å². The van der Waals surface area contributed by atoms with E-state index in [1.807, 2.05) is 4.90 Å². The summed E-state index contributed by atoms with van der Waals surface area (Å²) in [5, 5.41) is 12.2.